The minimum atomic E-state index is 0.122. The van der Waals surface area contributed by atoms with E-state index in [4.69, 9.17) is 0 Å². The predicted octanol–water partition coefficient (Wildman–Crippen LogP) is 8.95. The molecular formula is C34H33N. The van der Waals surface area contributed by atoms with Gasteiger partial charge in [0.25, 0.3) is 0 Å². The molecule has 0 saturated carbocycles. The van der Waals surface area contributed by atoms with E-state index in [1.54, 1.807) is 5.56 Å². The minimum Gasteiger partial charge on any atom is -0.309 e. The molecule has 0 fully saturated rings. The van der Waals surface area contributed by atoms with E-state index >= 15 is 0 Å². The van der Waals surface area contributed by atoms with Crippen LogP contribution in [0.5, 0.6) is 0 Å². The predicted molar refractivity (Wildman–Crippen MR) is 149 cm³/mol. The average molecular weight is 456 g/mol. The second-order valence-corrected chi connectivity index (χ2v) is 12.3. The normalized spacial score (nSPS) is 18.6. The molecular weight excluding hydrogens is 422 g/mol. The molecule has 0 amide bonds. The number of aromatic nitrogens is 1. The van der Waals surface area contributed by atoms with E-state index < -0.39 is 0 Å². The van der Waals surface area contributed by atoms with E-state index in [-0.39, 0.29) is 16.2 Å². The Bertz CT molecular complexity index is 1680. The standard InChI is InChI=1S/C34H33N/c1-32(2)28-17-21-16-22-18-31-27(19-25(22)26(21)20-29(28)33(3,4)34(32,5)6)24-14-10-11-15-30(24)35(31)23-12-8-7-9-13-23/h7-15,17-20H,16H2,1-6H3. The molecule has 1 aromatic heterocycles. The quantitative estimate of drug-likeness (QED) is 0.233. The van der Waals surface area contributed by atoms with Gasteiger partial charge in [0.2, 0.25) is 0 Å². The maximum atomic E-state index is 2.55. The number of fused-ring (bicyclic) bond motifs is 7. The highest BCUT2D eigenvalue weighted by molar-refractivity contribution is 6.11. The van der Waals surface area contributed by atoms with E-state index in [9.17, 15) is 0 Å². The zero-order chi connectivity index (χ0) is 24.3. The van der Waals surface area contributed by atoms with Crippen molar-refractivity contribution in [2.24, 2.45) is 5.41 Å². The highest BCUT2D eigenvalue weighted by atomic mass is 15.0. The van der Waals surface area contributed by atoms with Crippen LogP contribution in [0.2, 0.25) is 0 Å². The number of rotatable bonds is 1. The minimum absolute atomic E-state index is 0.122. The Morgan fingerprint density at radius 1 is 0.571 bits per heavy atom. The van der Waals surface area contributed by atoms with E-state index in [2.05, 4.69) is 125 Å². The van der Waals surface area contributed by atoms with E-state index in [1.165, 1.54) is 55.3 Å². The van der Waals surface area contributed by atoms with E-state index in [1.807, 2.05) is 0 Å². The smallest absolute Gasteiger partial charge is 0.0544 e. The fourth-order valence-electron chi connectivity index (χ4n) is 7.05. The van der Waals surface area contributed by atoms with Gasteiger partial charge in [-0.15, -0.1) is 0 Å². The van der Waals surface area contributed by atoms with Gasteiger partial charge < -0.3 is 4.57 Å². The van der Waals surface area contributed by atoms with Gasteiger partial charge in [-0.3, -0.25) is 0 Å². The Morgan fingerprint density at radius 3 is 1.91 bits per heavy atom. The second kappa shape index (κ2) is 6.46. The van der Waals surface area contributed by atoms with Crippen LogP contribution in [0.25, 0.3) is 38.6 Å². The number of hydrogen-bond donors (Lipinski definition) is 0. The van der Waals surface area contributed by atoms with Crippen molar-refractivity contribution < 1.29 is 0 Å². The lowest BCUT2D eigenvalue weighted by Crippen LogP contribution is -2.42. The Kier molecular flexibility index (Phi) is 3.88. The molecule has 35 heavy (non-hydrogen) atoms. The summed E-state index contributed by atoms with van der Waals surface area (Å²) in [6, 6.07) is 29.7. The second-order valence-electron chi connectivity index (χ2n) is 12.3. The molecule has 174 valence electrons. The lowest BCUT2D eigenvalue weighted by Gasteiger charge is -2.44. The summed E-state index contributed by atoms with van der Waals surface area (Å²) in [6.45, 7) is 14.7. The van der Waals surface area contributed by atoms with E-state index in [0.29, 0.717) is 0 Å². The molecule has 0 unspecified atom stereocenters. The van der Waals surface area contributed by atoms with Crippen molar-refractivity contribution in [3.63, 3.8) is 0 Å². The largest absolute Gasteiger partial charge is 0.309 e. The summed E-state index contributed by atoms with van der Waals surface area (Å²) in [5, 5.41) is 2.67. The molecule has 4 aromatic carbocycles. The topological polar surface area (TPSA) is 4.93 Å². The highest BCUT2D eigenvalue weighted by Gasteiger charge is 2.57. The molecule has 0 spiro atoms. The van der Waals surface area contributed by atoms with Crippen LogP contribution >= 0.6 is 0 Å². The molecule has 1 heterocycles. The fourth-order valence-corrected chi connectivity index (χ4v) is 7.05. The summed E-state index contributed by atoms with van der Waals surface area (Å²) in [7, 11) is 0. The first-order valence-corrected chi connectivity index (χ1v) is 12.9. The SMILES string of the molecule is CC1(C)c2cc3c(cc2C(C)(C)C1(C)C)-c1cc2c4ccccc4n(-c4ccccc4)c2cc1C3. The Morgan fingerprint density at radius 2 is 1.17 bits per heavy atom. The molecule has 0 saturated heterocycles. The first-order chi connectivity index (χ1) is 16.6. The summed E-state index contributed by atoms with van der Waals surface area (Å²) in [5.41, 5.74) is 13.1. The monoisotopic (exact) mass is 455 g/mol. The molecule has 5 aromatic rings. The van der Waals surface area contributed by atoms with Crippen LogP contribution in [-0.2, 0) is 17.3 Å². The number of para-hydroxylation sites is 2. The fraction of sp³-hybridized carbons (Fsp3) is 0.294. The van der Waals surface area contributed by atoms with Gasteiger partial charge in [0, 0.05) is 16.5 Å². The molecule has 7 rings (SSSR count). The van der Waals surface area contributed by atoms with Crippen LogP contribution in [0.4, 0.5) is 0 Å². The van der Waals surface area contributed by atoms with E-state index in [0.717, 1.165) is 6.42 Å². The van der Waals surface area contributed by atoms with Gasteiger partial charge in [-0.25, -0.2) is 0 Å². The lowest BCUT2D eigenvalue weighted by atomic mass is 9.59. The average Bonchev–Trinajstić information content (AvgIpc) is 3.39. The van der Waals surface area contributed by atoms with Crippen molar-refractivity contribution >= 4 is 21.8 Å². The van der Waals surface area contributed by atoms with Crippen LogP contribution in [0.15, 0.2) is 78.9 Å². The summed E-state index contributed by atoms with van der Waals surface area (Å²) in [6.07, 6.45) is 1.02. The zero-order valence-electron chi connectivity index (χ0n) is 21.7. The Hall–Kier alpha value is -3.32. The molecule has 1 heteroatoms. The molecule has 0 aliphatic heterocycles. The van der Waals surface area contributed by atoms with Crippen molar-refractivity contribution in [2.45, 2.75) is 58.8 Å². The number of nitrogens with zero attached hydrogens (tertiary/aromatic N) is 1. The molecule has 1 nitrogen and oxygen atoms in total. The first kappa shape index (κ1) is 21.0. The molecule has 0 radical (unpaired) electrons. The maximum absolute atomic E-state index is 2.55. The van der Waals surface area contributed by atoms with Crippen LogP contribution < -0.4 is 0 Å². The van der Waals surface area contributed by atoms with Crippen LogP contribution in [0, 0.1) is 5.41 Å². The molecule has 0 atom stereocenters. The number of benzene rings is 4. The maximum Gasteiger partial charge on any atom is 0.0544 e. The van der Waals surface area contributed by atoms with Gasteiger partial charge in [-0.1, -0.05) is 84.0 Å². The molecule has 2 aliphatic carbocycles. The van der Waals surface area contributed by atoms with Gasteiger partial charge in [0.15, 0.2) is 0 Å². The first-order valence-electron chi connectivity index (χ1n) is 12.9. The summed E-state index contributed by atoms with van der Waals surface area (Å²) >= 11 is 0. The zero-order valence-corrected chi connectivity index (χ0v) is 21.7. The van der Waals surface area contributed by atoms with Crippen molar-refractivity contribution in [2.75, 3.05) is 0 Å². The Labute approximate surface area is 208 Å². The third-order valence-electron chi connectivity index (χ3n) is 10.3. The Balaban J connectivity index is 1.51. The highest BCUT2D eigenvalue weighted by Crippen LogP contribution is 2.62. The van der Waals surface area contributed by atoms with Gasteiger partial charge in [0.05, 0.1) is 11.0 Å². The molecule has 0 N–H and O–H groups in total. The third-order valence-corrected chi connectivity index (χ3v) is 10.3. The van der Waals surface area contributed by atoms with Crippen molar-refractivity contribution in [3.8, 4) is 16.8 Å². The molecule has 2 aliphatic rings. The molecule has 0 bridgehead atoms. The third kappa shape index (κ3) is 2.44. The van der Waals surface area contributed by atoms with Crippen molar-refractivity contribution in [1.82, 2.24) is 4.57 Å². The van der Waals surface area contributed by atoms with Crippen LogP contribution in [-0.4, -0.2) is 4.57 Å². The summed E-state index contributed by atoms with van der Waals surface area (Å²) < 4.78 is 2.43. The van der Waals surface area contributed by atoms with Crippen molar-refractivity contribution in [3.05, 3.63) is 101 Å². The van der Waals surface area contributed by atoms with Crippen molar-refractivity contribution in [1.29, 1.82) is 0 Å². The van der Waals surface area contributed by atoms with Gasteiger partial charge in [-0.2, -0.15) is 0 Å². The summed E-state index contributed by atoms with van der Waals surface area (Å²) in [4.78, 5) is 0. The van der Waals surface area contributed by atoms with Crippen LogP contribution in [0.1, 0.15) is 63.8 Å². The number of hydrogen-bond acceptors (Lipinski definition) is 0. The van der Waals surface area contributed by atoms with Gasteiger partial charge >= 0.3 is 0 Å². The van der Waals surface area contributed by atoms with Crippen LogP contribution in [0.3, 0.4) is 0 Å². The van der Waals surface area contributed by atoms with Gasteiger partial charge in [0.1, 0.15) is 0 Å². The van der Waals surface area contributed by atoms with Gasteiger partial charge in [-0.05, 0) is 92.4 Å². The lowest BCUT2D eigenvalue weighted by molar-refractivity contribution is 0.125. The summed E-state index contributed by atoms with van der Waals surface area (Å²) in [5.74, 6) is 0.